The zero-order chi connectivity index (χ0) is 18.3. The molecule has 4 rings (SSSR count). The van der Waals surface area contributed by atoms with Crippen LogP contribution >= 0.6 is 0 Å². The maximum atomic E-state index is 12.5. The summed E-state index contributed by atoms with van der Waals surface area (Å²) in [4.78, 5) is 26.5. The third-order valence-electron chi connectivity index (χ3n) is 5.56. The Balaban J connectivity index is 1.47. The average Bonchev–Trinajstić information content (AvgIpc) is 3.35. The Morgan fingerprint density at radius 3 is 2.42 bits per heavy atom. The predicted octanol–water partition coefficient (Wildman–Crippen LogP) is 2.48. The molecule has 26 heavy (non-hydrogen) atoms. The lowest BCUT2D eigenvalue weighted by atomic mass is 9.91. The van der Waals surface area contributed by atoms with E-state index in [1.54, 1.807) is 0 Å². The van der Waals surface area contributed by atoms with Crippen molar-refractivity contribution in [2.75, 3.05) is 37.7 Å². The second-order valence-electron chi connectivity index (χ2n) is 8.81. The minimum Gasteiger partial charge on any atom is -0.368 e. The summed E-state index contributed by atoms with van der Waals surface area (Å²) in [6.45, 7) is 10.5. The molecule has 142 valence electrons. The first kappa shape index (κ1) is 17.7. The van der Waals surface area contributed by atoms with E-state index in [-0.39, 0.29) is 17.4 Å². The summed E-state index contributed by atoms with van der Waals surface area (Å²) in [5.74, 6) is 2.73. The van der Waals surface area contributed by atoms with Crippen molar-refractivity contribution in [2.24, 2.45) is 0 Å². The van der Waals surface area contributed by atoms with Crippen LogP contribution < -0.4 is 4.90 Å². The van der Waals surface area contributed by atoms with Gasteiger partial charge in [0.2, 0.25) is 0 Å². The van der Waals surface area contributed by atoms with Crippen LogP contribution in [0.25, 0.3) is 0 Å². The smallest absolute Gasteiger partial charge is 0.251 e. The van der Waals surface area contributed by atoms with E-state index in [9.17, 15) is 4.79 Å². The van der Waals surface area contributed by atoms with Crippen LogP contribution in [0.15, 0.2) is 6.07 Å². The lowest BCUT2D eigenvalue weighted by molar-refractivity contribution is -0.141. The molecule has 6 heteroatoms. The molecule has 1 atom stereocenters. The van der Waals surface area contributed by atoms with Crippen LogP contribution in [-0.2, 0) is 14.9 Å². The summed E-state index contributed by atoms with van der Waals surface area (Å²) in [6.07, 6.45) is 4.06. The highest BCUT2D eigenvalue weighted by Crippen LogP contribution is 2.39. The number of amides is 1. The highest BCUT2D eigenvalue weighted by molar-refractivity contribution is 5.81. The molecule has 3 fully saturated rings. The van der Waals surface area contributed by atoms with Gasteiger partial charge in [-0.1, -0.05) is 20.8 Å². The maximum absolute atomic E-state index is 12.5. The van der Waals surface area contributed by atoms with Gasteiger partial charge in [0, 0.05) is 50.2 Å². The predicted molar refractivity (Wildman–Crippen MR) is 100 cm³/mol. The topological polar surface area (TPSA) is 58.6 Å². The first-order valence-corrected chi connectivity index (χ1v) is 9.96. The summed E-state index contributed by atoms with van der Waals surface area (Å²) in [5, 5.41) is 0. The second kappa shape index (κ2) is 6.80. The van der Waals surface area contributed by atoms with Crippen molar-refractivity contribution < 1.29 is 9.53 Å². The summed E-state index contributed by atoms with van der Waals surface area (Å²) < 4.78 is 5.56. The summed E-state index contributed by atoms with van der Waals surface area (Å²) in [6, 6.07) is 2.14. The van der Waals surface area contributed by atoms with Gasteiger partial charge in [0.25, 0.3) is 5.91 Å². The van der Waals surface area contributed by atoms with Crippen molar-refractivity contribution in [3.63, 3.8) is 0 Å². The standard InChI is InChI=1S/C20H30N4O2/c1-20(2,3)16-13-17(22-18(21-16)14-6-7-14)23-8-10-24(11-9-23)19(25)15-5-4-12-26-15/h13-15H,4-12H2,1-3H3. The van der Waals surface area contributed by atoms with Gasteiger partial charge in [-0.2, -0.15) is 0 Å². The lowest BCUT2D eigenvalue weighted by Crippen LogP contribution is -2.51. The van der Waals surface area contributed by atoms with Crippen molar-refractivity contribution in [1.29, 1.82) is 0 Å². The average molecular weight is 358 g/mol. The fourth-order valence-corrected chi connectivity index (χ4v) is 3.65. The number of nitrogens with zero attached hydrogens (tertiary/aromatic N) is 4. The Morgan fingerprint density at radius 1 is 1.12 bits per heavy atom. The molecule has 1 aromatic heterocycles. The number of aromatic nitrogens is 2. The van der Waals surface area contributed by atoms with Crippen LogP contribution in [-0.4, -0.2) is 59.7 Å². The molecule has 6 nitrogen and oxygen atoms in total. The number of carbonyl (C=O) groups is 1. The molecule has 0 spiro atoms. The number of ether oxygens (including phenoxy) is 1. The molecule has 0 aromatic carbocycles. The van der Waals surface area contributed by atoms with Gasteiger partial charge in [-0.3, -0.25) is 4.79 Å². The van der Waals surface area contributed by atoms with Gasteiger partial charge in [0.1, 0.15) is 17.7 Å². The van der Waals surface area contributed by atoms with E-state index in [0.717, 1.165) is 63.0 Å². The maximum Gasteiger partial charge on any atom is 0.251 e. The molecule has 1 aliphatic carbocycles. The van der Waals surface area contributed by atoms with Gasteiger partial charge in [-0.05, 0) is 25.7 Å². The van der Waals surface area contributed by atoms with Gasteiger partial charge in [-0.15, -0.1) is 0 Å². The minimum atomic E-state index is -0.213. The number of anilines is 1. The molecule has 1 unspecified atom stereocenters. The second-order valence-corrected chi connectivity index (χ2v) is 8.81. The summed E-state index contributed by atoms with van der Waals surface area (Å²) in [7, 11) is 0. The van der Waals surface area contributed by atoms with Crippen LogP contribution in [0.4, 0.5) is 5.82 Å². The van der Waals surface area contributed by atoms with Crippen molar-refractivity contribution in [3.05, 3.63) is 17.6 Å². The van der Waals surface area contributed by atoms with Crippen molar-refractivity contribution >= 4 is 11.7 Å². The van der Waals surface area contributed by atoms with E-state index in [1.165, 1.54) is 12.8 Å². The van der Waals surface area contributed by atoms with Gasteiger partial charge in [0.05, 0.1) is 5.69 Å². The number of hydrogen-bond acceptors (Lipinski definition) is 5. The SMILES string of the molecule is CC(C)(C)c1cc(N2CCN(C(=O)C3CCCO3)CC2)nc(C2CC2)n1. The normalized spacial score (nSPS) is 24.2. The van der Waals surface area contributed by atoms with Gasteiger partial charge >= 0.3 is 0 Å². The van der Waals surface area contributed by atoms with E-state index in [2.05, 4.69) is 31.7 Å². The van der Waals surface area contributed by atoms with Crippen LogP contribution in [0.3, 0.4) is 0 Å². The molecule has 0 N–H and O–H groups in total. The van der Waals surface area contributed by atoms with Crippen molar-refractivity contribution in [3.8, 4) is 0 Å². The third kappa shape index (κ3) is 3.70. The minimum absolute atomic E-state index is 0.0128. The fraction of sp³-hybridized carbons (Fsp3) is 0.750. The monoisotopic (exact) mass is 358 g/mol. The van der Waals surface area contributed by atoms with Gasteiger partial charge < -0.3 is 14.5 Å². The number of hydrogen-bond donors (Lipinski definition) is 0. The Kier molecular flexibility index (Phi) is 4.63. The van der Waals surface area contributed by atoms with E-state index >= 15 is 0 Å². The van der Waals surface area contributed by atoms with E-state index < -0.39 is 0 Å². The molecule has 1 saturated carbocycles. The van der Waals surface area contributed by atoms with Crippen LogP contribution in [0.5, 0.6) is 0 Å². The molecule has 1 amide bonds. The quantitative estimate of drug-likeness (QED) is 0.831. The zero-order valence-corrected chi connectivity index (χ0v) is 16.2. The van der Waals surface area contributed by atoms with Gasteiger partial charge in [0.15, 0.2) is 0 Å². The molecule has 1 aromatic rings. The molecular weight excluding hydrogens is 328 g/mol. The summed E-state index contributed by atoms with van der Waals surface area (Å²) in [5.41, 5.74) is 1.13. The van der Waals surface area contributed by atoms with Crippen LogP contribution in [0.2, 0.25) is 0 Å². The van der Waals surface area contributed by atoms with E-state index in [4.69, 9.17) is 14.7 Å². The Hall–Kier alpha value is -1.69. The van der Waals surface area contributed by atoms with Crippen molar-refractivity contribution in [1.82, 2.24) is 14.9 Å². The summed E-state index contributed by atoms with van der Waals surface area (Å²) >= 11 is 0. The van der Waals surface area contributed by atoms with E-state index in [0.29, 0.717) is 5.92 Å². The molecule has 2 saturated heterocycles. The molecule has 2 aliphatic heterocycles. The lowest BCUT2D eigenvalue weighted by Gasteiger charge is -2.36. The fourth-order valence-electron chi connectivity index (χ4n) is 3.65. The zero-order valence-electron chi connectivity index (χ0n) is 16.2. The molecule has 3 aliphatic rings. The molecule has 0 radical (unpaired) electrons. The Labute approximate surface area is 155 Å². The molecule has 0 bridgehead atoms. The third-order valence-corrected chi connectivity index (χ3v) is 5.56. The number of carbonyl (C=O) groups excluding carboxylic acids is 1. The number of rotatable bonds is 3. The Morgan fingerprint density at radius 2 is 1.85 bits per heavy atom. The number of piperazine rings is 1. The highest BCUT2D eigenvalue weighted by atomic mass is 16.5. The first-order chi connectivity index (χ1) is 12.4. The van der Waals surface area contributed by atoms with Crippen LogP contribution in [0.1, 0.15) is 63.9 Å². The molecular formula is C20H30N4O2. The Bertz CT molecular complexity index is 667. The van der Waals surface area contributed by atoms with Crippen LogP contribution in [0, 0.1) is 0 Å². The first-order valence-electron chi connectivity index (χ1n) is 9.96. The highest BCUT2D eigenvalue weighted by Gasteiger charge is 2.32. The van der Waals surface area contributed by atoms with Gasteiger partial charge in [-0.25, -0.2) is 9.97 Å². The van der Waals surface area contributed by atoms with E-state index in [1.807, 2.05) is 4.90 Å². The largest absolute Gasteiger partial charge is 0.368 e. The van der Waals surface area contributed by atoms with Crippen molar-refractivity contribution in [2.45, 2.75) is 63.9 Å². The molecule has 3 heterocycles.